The van der Waals surface area contributed by atoms with Crippen molar-refractivity contribution in [3.05, 3.63) is 24.3 Å². The van der Waals surface area contributed by atoms with Gasteiger partial charge in [0.2, 0.25) is 0 Å². The van der Waals surface area contributed by atoms with Gasteiger partial charge in [0, 0.05) is 18.7 Å². The molecule has 1 N–H and O–H groups in total. The summed E-state index contributed by atoms with van der Waals surface area (Å²) in [5, 5.41) is 12.0. The smallest absolute Gasteiger partial charge is 0.119 e. The van der Waals surface area contributed by atoms with Gasteiger partial charge < -0.3 is 10.1 Å². The van der Waals surface area contributed by atoms with E-state index in [0.29, 0.717) is 6.42 Å². The SMILES string of the molecule is CC(C)Oc1ccc(NCC(C)(C)CCC#N)cc1. The van der Waals surface area contributed by atoms with Crippen molar-refractivity contribution in [2.75, 3.05) is 11.9 Å². The zero-order chi connectivity index (χ0) is 14.3. The monoisotopic (exact) mass is 260 g/mol. The summed E-state index contributed by atoms with van der Waals surface area (Å²) in [7, 11) is 0. The Morgan fingerprint density at radius 2 is 1.89 bits per heavy atom. The van der Waals surface area contributed by atoms with Crippen LogP contribution in [0.15, 0.2) is 24.3 Å². The average molecular weight is 260 g/mol. The van der Waals surface area contributed by atoms with Crippen LogP contribution in [0.5, 0.6) is 5.75 Å². The molecule has 3 nitrogen and oxygen atoms in total. The number of nitrogens with one attached hydrogen (secondary N) is 1. The molecule has 0 aromatic heterocycles. The molecule has 0 spiro atoms. The van der Waals surface area contributed by atoms with Crippen LogP contribution in [0.3, 0.4) is 0 Å². The second-order valence-electron chi connectivity index (χ2n) is 5.87. The fourth-order valence-electron chi connectivity index (χ4n) is 1.75. The number of hydrogen-bond donors (Lipinski definition) is 1. The first-order chi connectivity index (χ1) is 8.93. The molecule has 0 aliphatic rings. The van der Waals surface area contributed by atoms with Gasteiger partial charge in [-0.25, -0.2) is 0 Å². The fraction of sp³-hybridized carbons (Fsp3) is 0.562. The topological polar surface area (TPSA) is 45.0 Å². The van der Waals surface area contributed by atoms with Crippen LogP contribution in [0.25, 0.3) is 0 Å². The Labute approximate surface area is 116 Å². The highest BCUT2D eigenvalue weighted by Crippen LogP contribution is 2.23. The van der Waals surface area contributed by atoms with E-state index >= 15 is 0 Å². The van der Waals surface area contributed by atoms with Gasteiger partial charge in [-0.15, -0.1) is 0 Å². The van der Waals surface area contributed by atoms with E-state index in [1.165, 1.54) is 0 Å². The number of ether oxygens (including phenoxy) is 1. The molecule has 3 heteroatoms. The molecule has 0 saturated carbocycles. The van der Waals surface area contributed by atoms with Crippen molar-refractivity contribution in [2.45, 2.75) is 46.6 Å². The van der Waals surface area contributed by atoms with E-state index in [1.54, 1.807) is 0 Å². The maximum Gasteiger partial charge on any atom is 0.119 e. The van der Waals surface area contributed by atoms with E-state index in [0.717, 1.165) is 24.4 Å². The molecule has 0 bridgehead atoms. The third kappa shape index (κ3) is 6.15. The zero-order valence-electron chi connectivity index (χ0n) is 12.4. The molecule has 0 amide bonds. The van der Waals surface area contributed by atoms with Crippen molar-refractivity contribution >= 4 is 5.69 Å². The molecule has 0 heterocycles. The summed E-state index contributed by atoms with van der Waals surface area (Å²) >= 11 is 0. The van der Waals surface area contributed by atoms with Gasteiger partial charge in [0.15, 0.2) is 0 Å². The molecule has 19 heavy (non-hydrogen) atoms. The van der Waals surface area contributed by atoms with Gasteiger partial charge in [-0.3, -0.25) is 0 Å². The summed E-state index contributed by atoms with van der Waals surface area (Å²) < 4.78 is 5.60. The van der Waals surface area contributed by atoms with Gasteiger partial charge in [-0.1, -0.05) is 13.8 Å². The number of nitrogens with zero attached hydrogens (tertiary/aromatic N) is 1. The second-order valence-corrected chi connectivity index (χ2v) is 5.87. The van der Waals surface area contributed by atoms with Crippen molar-refractivity contribution in [1.29, 1.82) is 5.26 Å². The summed E-state index contributed by atoms with van der Waals surface area (Å²) in [5.74, 6) is 0.893. The first-order valence-electron chi connectivity index (χ1n) is 6.80. The van der Waals surface area contributed by atoms with Crippen molar-refractivity contribution in [2.24, 2.45) is 5.41 Å². The Bertz CT molecular complexity index is 415. The van der Waals surface area contributed by atoms with Gasteiger partial charge in [-0.2, -0.15) is 5.26 Å². The minimum atomic E-state index is 0.128. The summed E-state index contributed by atoms with van der Waals surface area (Å²) in [6.45, 7) is 9.24. The lowest BCUT2D eigenvalue weighted by Crippen LogP contribution is -2.22. The largest absolute Gasteiger partial charge is 0.491 e. The van der Waals surface area contributed by atoms with Crippen molar-refractivity contribution in [1.82, 2.24) is 0 Å². The summed E-state index contributed by atoms with van der Waals surface area (Å²) in [6, 6.07) is 10.2. The van der Waals surface area contributed by atoms with Crippen LogP contribution in [0.2, 0.25) is 0 Å². The second kappa shape index (κ2) is 7.04. The Hall–Kier alpha value is -1.69. The molecule has 0 saturated heterocycles. The van der Waals surface area contributed by atoms with Crippen LogP contribution in [0, 0.1) is 16.7 Å². The third-order valence-electron chi connectivity index (χ3n) is 2.91. The normalized spacial score (nSPS) is 11.2. The first-order valence-corrected chi connectivity index (χ1v) is 6.80. The third-order valence-corrected chi connectivity index (χ3v) is 2.91. The maximum absolute atomic E-state index is 8.63. The van der Waals surface area contributed by atoms with Crippen molar-refractivity contribution < 1.29 is 4.74 Å². The van der Waals surface area contributed by atoms with Gasteiger partial charge in [0.05, 0.1) is 12.2 Å². The average Bonchev–Trinajstić information content (AvgIpc) is 2.35. The Morgan fingerprint density at radius 3 is 2.42 bits per heavy atom. The van der Waals surface area contributed by atoms with Gasteiger partial charge >= 0.3 is 0 Å². The van der Waals surface area contributed by atoms with Crippen LogP contribution in [0.4, 0.5) is 5.69 Å². The Balaban J connectivity index is 2.47. The van der Waals surface area contributed by atoms with E-state index in [4.69, 9.17) is 10.00 Å². The molecule has 1 aromatic rings. The molecular formula is C16H24N2O. The van der Waals surface area contributed by atoms with Crippen LogP contribution in [0.1, 0.15) is 40.5 Å². The number of benzene rings is 1. The predicted molar refractivity (Wildman–Crippen MR) is 79.3 cm³/mol. The quantitative estimate of drug-likeness (QED) is 0.798. The highest BCUT2D eigenvalue weighted by molar-refractivity contribution is 5.46. The number of rotatable bonds is 7. The summed E-state index contributed by atoms with van der Waals surface area (Å²) in [5.41, 5.74) is 1.21. The Morgan fingerprint density at radius 1 is 1.26 bits per heavy atom. The molecule has 104 valence electrons. The molecule has 1 aromatic carbocycles. The van der Waals surface area contributed by atoms with Crippen molar-refractivity contribution in [3.8, 4) is 11.8 Å². The minimum Gasteiger partial charge on any atom is -0.491 e. The molecule has 0 fully saturated rings. The lowest BCUT2D eigenvalue weighted by atomic mass is 9.88. The maximum atomic E-state index is 8.63. The number of hydrogen-bond acceptors (Lipinski definition) is 3. The lowest BCUT2D eigenvalue weighted by Gasteiger charge is -2.24. The molecular weight excluding hydrogens is 236 g/mol. The van der Waals surface area contributed by atoms with Crippen LogP contribution in [-0.2, 0) is 0 Å². The molecule has 0 aliphatic heterocycles. The molecule has 0 radical (unpaired) electrons. The van der Waals surface area contributed by atoms with E-state index in [1.807, 2.05) is 38.1 Å². The van der Waals surface area contributed by atoms with E-state index in [9.17, 15) is 0 Å². The van der Waals surface area contributed by atoms with E-state index in [-0.39, 0.29) is 11.5 Å². The summed E-state index contributed by atoms with van der Waals surface area (Å²) in [6.07, 6.45) is 1.71. The summed E-state index contributed by atoms with van der Waals surface area (Å²) in [4.78, 5) is 0. The van der Waals surface area contributed by atoms with Gasteiger partial charge in [0.1, 0.15) is 5.75 Å². The van der Waals surface area contributed by atoms with Crippen LogP contribution < -0.4 is 10.1 Å². The standard InChI is InChI=1S/C16H24N2O/c1-13(2)19-15-8-6-14(7-9-15)18-12-16(3,4)10-5-11-17/h6-9,13,18H,5,10,12H2,1-4H3. The molecule has 0 aliphatic carbocycles. The minimum absolute atomic E-state index is 0.128. The first kappa shape index (κ1) is 15.4. The van der Waals surface area contributed by atoms with Crippen molar-refractivity contribution in [3.63, 3.8) is 0 Å². The van der Waals surface area contributed by atoms with Crippen LogP contribution in [-0.4, -0.2) is 12.6 Å². The predicted octanol–water partition coefficient (Wildman–Crippen LogP) is 4.22. The van der Waals surface area contributed by atoms with E-state index in [2.05, 4.69) is 25.2 Å². The lowest BCUT2D eigenvalue weighted by molar-refractivity contribution is 0.242. The number of nitriles is 1. The molecule has 0 unspecified atom stereocenters. The molecule has 1 rings (SSSR count). The highest BCUT2D eigenvalue weighted by atomic mass is 16.5. The number of anilines is 1. The zero-order valence-corrected chi connectivity index (χ0v) is 12.4. The van der Waals surface area contributed by atoms with Gasteiger partial charge in [-0.05, 0) is 49.9 Å². The molecule has 0 atom stereocenters. The highest BCUT2D eigenvalue weighted by Gasteiger charge is 2.16. The van der Waals surface area contributed by atoms with E-state index < -0.39 is 0 Å². The van der Waals surface area contributed by atoms with Gasteiger partial charge in [0.25, 0.3) is 0 Å². The van der Waals surface area contributed by atoms with Crippen LogP contribution >= 0.6 is 0 Å². The Kier molecular flexibility index (Phi) is 5.69. The fourth-order valence-corrected chi connectivity index (χ4v) is 1.75.